The summed E-state index contributed by atoms with van der Waals surface area (Å²) in [6.07, 6.45) is -5.66. The normalized spacial score (nSPS) is 23.5. The van der Waals surface area contributed by atoms with Crippen molar-refractivity contribution < 1.29 is 42.4 Å². The van der Waals surface area contributed by atoms with Crippen LogP contribution in [0, 0.1) is 6.92 Å². The summed E-state index contributed by atoms with van der Waals surface area (Å²) in [5.74, 6) is -1.68. The lowest BCUT2D eigenvalue weighted by Gasteiger charge is -2.41. The van der Waals surface area contributed by atoms with E-state index in [1.54, 1.807) is 45.0 Å². The van der Waals surface area contributed by atoms with E-state index in [9.17, 15) is 23.4 Å². The summed E-state index contributed by atoms with van der Waals surface area (Å²) in [6, 6.07) is 25.3. The maximum Gasteiger partial charge on any atom is 0.254 e. The first-order valence-corrected chi connectivity index (χ1v) is 17.6. The van der Waals surface area contributed by atoms with Gasteiger partial charge in [-0.1, -0.05) is 78.4 Å². The van der Waals surface area contributed by atoms with E-state index in [2.05, 4.69) is 0 Å². The molecule has 0 unspecified atom stereocenters. The van der Waals surface area contributed by atoms with Crippen molar-refractivity contribution in [3.63, 3.8) is 0 Å². The maximum absolute atomic E-state index is 14.1. The van der Waals surface area contributed by atoms with Crippen LogP contribution in [0.2, 0.25) is 0 Å². The van der Waals surface area contributed by atoms with Crippen LogP contribution in [-0.4, -0.2) is 102 Å². The largest absolute Gasteiger partial charge is 0.387 e. The second kappa shape index (κ2) is 15.1. The van der Waals surface area contributed by atoms with Crippen LogP contribution in [0.3, 0.4) is 0 Å². The number of carbonyl (C=O) groups excluding carboxylic acids is 1. The maximum atomic E-state index is 14.1. The van der Waals surface area contributed by atoms with Gasteiger partial charge in [0.05, 0.1) is 30.8 Å². The fourth-order valence-corrected chi connectivity index (χ4v) is 7.67. The monoisotopic (exact) mass is 682 g/mol. The Bertz CT molecular complexity index is 1600. The first kappa shape index (κ1) is 36.1. The van der Waals surface area contributed by atoms with Gasteiger partial charge in [-0.15, -0.1) is 0 Å². The number of aliphatic hydroxyl groups is 2. The Balaban J connectivity index is 1.35. The van der Waals surface area contributed by atoms with Crippen LogP contribution in [0.1, 0.15) is 37.5 Å². The minimum Gasteiger partial charge on any atom is -0.387 e. The molecule has 2 N–H and O–H groups in total. The Kier molecular flexibility index (Phi) is 11.4. The molecule has 5 atom stereocenters. The molecule has 12 heteroatoms. The van der Waals surface area contributed by atoms with Crippen molar-refractivity contribution in [2.75, 3.05) is 32.8 Å². The molecule has 2 aliphatic rings. The van der Waals surface area contributed by atoms with Crippen molar-refractivity contribution in [2.45, 2.75) is 81.6 Å². The highest BCUT2D eigenvalue weighted by Gasteiger charge is 2.59. The zero-order valence-electron chi connectivity index (χ0n) is 27.9. The van der Waals surface area contributed by atoms with E-state index in [0.717, 1.165) is 16.7 Å². The van der Waals surface area contributed by atoms with Crippen LogP contribution in [0.5, 0.6) is 0 Å². The molecule has 0 radical (unpaired) electrons. The summed E-state index contributed by atoms with van der Waals surface area (Å²) >= 11 is 0. The summed E-state index contributed by atoms with van der Waals surface area (Å²) < 4.78 is 52.4. The third-order valence-corrected chi connectivity index (χ3v) is 10.8. The van der Waals surface area contributed by atoms with Gasteiger partial charge in [0.15, 0.2) is 11.9 Å². The Labute approximate surface area is 283 Å². The zero-order valence-corrected chi connectivity index (χ0v) is 28.7. The lowest BCUT2D eigenvalue weighted by atomic mass is 9.86. The van der Waals surface area contributed by atoms with Crippen LogP contribution < -0.4 is 0 Å². The lowest BCUT2D eigenvalue weighted by Crippen LogP contribution is -2.63. The van der Waals surface area contributed by atoms with Crippen molar-refractivity contribution in [1.29, 1.82) is 0 Å². The molecule has 3 aromatic rings. The number of ether oxygens (including phenoxy) is 4. The first-order valence-electron chi connectivity index (χ1n) is 16.2. The van der Waals surface area contributed by atoms with E-state index >= 15 is 0 Å². The number of aryl methyl sites for hydroxylation is 1. The predicted octanol–water partition coefficient (Wildman–Crippen LogP) is 3.26. The topological polar surface area (TPSA) is 135 Å². The molecule has 260 valence electrons. The average molecular weight is 683 g/mol. The number of benzene rings is 3. The van der Waals surface area contributed by atoms with Crippen molar-refractivity contribution in [3.05, 3.63) is 102 Å². The fourth-order valence-electron chi connectivity index (χ4n) is 6.24. The molecule has 2 fully saturated rings. The zero-order chi connectivity index (χ0) is 34.5. The molecule has 0 spiro atoms. The van der Waals surface area contributed by atoms with Gasteiger partial charge >= 0.3 is 0 Å². The van der Waals surface area contributed by atoms with Gasteiger partial charge in [-0.3, -0.25) is 4.79 Å². The van der Waals surface area contributed by atoms with Crippen LogP contribution in [-0.2, 0) is 47.0 Å². The molecule has 5 rings (SSSR count). The standard InChI is InChI=1S/C36H46N2O9S/c1-26-15-17-30(18-16-26)48(42,43)38-21-19-37(20-22-38)34(41)32(45-24-29-13-9-6-10-14-29)31(39)33(40)36(27(2)46-35(3,4)47-36)25-44-23-28-11-7-5-8-12-28/h5-18,27,31-33,39-40H,19-25H2,1-4H3/t27-,31-,32-,33+,36-/m1/s1. The highest BCUT2D eigenvalue weighted by molar-refractivity contribution is 7.89. The van der Waals surface area contributed by atoms with Gasteiger partial charge in [-0.05, 0) is 51.0 Å². The number of rotatable bonds is 13. The van der Waals surface area contributed by atoms with Gasteiger partial charge in [0.2, 0.25) is 10.0 Å². The van der Waals surface area contributed by atoms with E-state index in [1.165, 1.54) is 9.21 Å². The Hall–Kier alpha value is -3.20. The number of sulfonamides is 1. The molecule has 2 aliphatic heterocycles. The number of carbonyl (C=O) groups is 1. The van der Waals surface area contributed by atoms with Crippen molar-refractivity contribution in [3.8, 4) is 0 Å². The summed E-state index contributed by atoms with van der Waals surface area (Å²) in [5, 5.41) is 23.7. The Morgan fingerprint density at radius 2 is 1.46 bits per heavy atom. The van der Waals surface area contributed by atoms with Gasteiger partial charge in [0.25, 0.3) is 5.91 Å². The lowest BCUT2D eigenvalue weighted by molar-refractivity contribution is -0.227. The fraction of sp³-hybridized carbons (Fsp3) is 0.472. The van der Waals surface area contributed by atoms with E-state index in [4.69, 9.17) is 18.9 Å². The molecule has 0 saturated carbocycles. The Morgan fingerprint density at radius 1 is 0.896 bits per heavy atom. The molecular weight excluding hydrogens is 636 g/mol. The van der Waals surface area contributed by atoms with Gasteiger partial charge < -0.3 is 34.1 Å². The number of hydrogen-bond acceptors (Lipinski definition) is 9. The van der Waals surface area contributed by atoms with Crippen LogP contribution in [0.4, 0.5) is 0 Å². The summed E-state index contributed by atoms with van der Waals surface area (Å²) in [5.41, 5.74) is 1.08. The summed E-state index contributed by atoms with van der Waals surface area (Å²) in [6.45, 7) is 7.38. The molecule has 0 bridgehead atoms. The molecule has 1 amide bonds. The van der Waals surface area contributed by atoms with Crippen molar-refractivity contribution in [1.82, 2.24) is 9.21 Å². The molecule has 11 nitrogen and oxygen atoms in total. The molecule has 2 heterocycles. The van der Waals surface area contributed by atoms with Gasteiger partial charge in [-0.2, -0.15) is 4.31 Å². The van der Waals surface area contributed by atoms with E-state index in [-0.39, 0.29) is 50.9 Å². The van der Waals surface area contributed by atoms with Crippen LogP contribution in [0.25, 0.3) is 0 Å². The third-order valence-electron chi connectivity index (χ3n) is 8.88. The predicted molar refractivity (Wildman–Crippen MR) is 178 cm³/mol. The molecule has 48 heavy (non-hydrogen) atoms. The molecular formula is C36H46N2O9S. The van der Waals surface area contributed by atoms with Crippen molar-refractivity contribution in [2.24, 2.45) is 0 Å². The van der Waals surface area contributed by atoms with Gasteiger partial charge in [0, 0.05) is 26.2 Å². The average Bonchev–Trinajstić information content (AvgIpc) is 3.33. The molecule has 0 aliphatic carbocycles. The molecule has 3 aromatic carbocycles. The number of nitrogens with zero attached hydrogens (tertiary/aromatic N) is 2. The van der Waals surface area contributed by atoms with E-state index < -0.39 is 51.7 Å². The quantitative estimate of drug-likeness (QED) is 0.279. The van der Waals surface area contributed by atoms with Crippen LogP contribution in [0.15, 0.2) is 89.8 Å². The second-order valence-electron chi connectivity index (χ2n) is 12.9. The van der Waals surface area contributed by atoms with Gasteiger partial charge in [0.1, 0.15) is 17.8 Å². The van der Waals surface area contributed by atoms with E-state index in [1.807, 2.05) is 67.6 Å². The van der Waals surface area contributed by atoms with Crippen LogP contribution >= 0.6 is 0 Å². The number of piperazine rings is 1. The SMILES string of the molecule is Cc1ccc(S(=O)(=O)N2CCN(C(=O)[C@H](OCc3ccccc3)[C@@H](O)[C@H](O)[C@]3(COCc4ccccc4)OC(C)(C)O[C@@H]3C)CC2)cc1. The highest BCUT2D eigenvalue weighted by atomic mass is 32.2. The third kappa shape index (κ3) is 8.15. The smallest absolute Gasteiger partial charge is 0.254 e. The van der Waals surface area contributed by atoms with E-state index in [0.29, 0.717) is 0 Å². The number of aliphatic hydroxyl groups excluding tert-OH is 2. The first-order chi connectivity index (χ1) is 22.8. The highest BCUT2D eigenvalue weighted by Crippen LogP contribution is 2.41. The minimum absolute atomic E-state index is 0.0152. The Morgan fingerprint density at radius 3 is 2.00 bits per heavy atom. The number of hydrogen-bond donors (Lipinski definition) is 2. The summed E-state index contributed by atoms with van der Waals surface area (Å²) in [7, 11) is -3.76. The molecule has 0 aromatic heterocycles. The van der Waals surface area contributed by atoms with Crippen molar-refractivity contribution >= 4 is 15.9 Å². The summed E-state index contributed by atoms with van der Waals surface area (Å²) in [4.78, 5) is 15.8. The second-order valence-corrected chi connectivity index (χ2v) is 14.8. The molecule has 2 saturated heterocycles. The number of amides is 1. The minimum atomic E-state index is -3.76. The van der Waals surface area contributed by atoms with Gasteiger partial charge in [-0.25, -0.2) is 8.42 Å².